The summed E-state index contributed by atoms with van der Waals surface area (Å²) in [7, 11) is -2.71. The molecule has 1 unspecified atom stereocenters. The van der Waals surface area contributed by atoms with Crippen LogP contribution in [-0.4, -0.2) is 28.7 Å². The van der Waals surface area contributed by atoms with Crippen LogP contribution in [0.3, 0.4) is 0 Å². The predicted octanol–water partition coefficient (Wildman–Crippen LogP) is 2.93. The molecule has 0 aromatic carbocycles. The molecule has 1 atom stereocenters. The van der Waals surface area contributed by atoms with Crippen LogP contribution < -0.4 is 0 Å². The first-order chi connectivity index (χ1) is 6.04. The van der Waals surface area contributed by atoms with E-state index in [1.54, 1.807) is 0 Å². The average Bonchev–Trinajstić information content (AvgIpc) is 1.78. The monoisotopic (exact) mass is 234 g/mol. The van der Waals surface area contributed by atoms with Gasteiger partial charge in [0.25, 0.3) is 0 Å². The number of hydrogen-bond donors (Lipinski definition) is 0. The Bertz CT molecular complexity index is 173. The van der Waals surface area contributed by atoms with Crippen molar-refractivity contribution in [1.82, 2.24) is 0 Å². The van der Waals surface area contributed by atoms with E-state index in [0.29, 0.717) is 6.10 Å². The Balaban J connectivity index is 4.30. The minimum absolute atomic E-state index is 0.0469. The molecule has 0 bridgehead atoms. The summed E-state index contributed by atoms with van der Waals surface area (Å²) in [5.74, 6) is 0. The van der Waals surface area contributed by atoms with E-state index in [2.05, 4.69) is 53.9 Å². The Kier molecular flexibility index (Phi) is 5.04. The van der Waals surface area contributed by atoms with Crippen LogP contribution in [0.25, 0.3) is 0 Å². The highest BCUT2D eigenvalue weighted by molar-refractivity contribution is 6.71. The molecule has 0 amide bonds. The largest absolute Gasteiger partial charge is 0.415 e. The van der Waals surface area contributed by atoms with Gasteiger partial charge in [-0.05, 0) is 53.9 Å². The zero-order chi connectivity index (χ0) is 11.6. The normalized spacial score (nSPS) is 16.1. The summed E-state index contributed by atoms with van der Waals surface area (Å²) in [6, 6.07) is 0. The molecule has 0 heterocycles. The molecule has 4 heteroatoms. The summed E-state index contributed by atoms with van der Waals surface area (Å²) in [6.07, 6.45) is 0.321. The Morgan fingerprint density at radius 3 is 1.86 bits per heavy atom. The molecule has 0 aliphatic rings. The Hall–Kier alpha value is 0.354. The lowest BCUT2D eigenvalue weighted by Crippen LogP contribution is -2.50. The lowest BCUT2D eigenvalue weighted by atomic mass is 10.5. The zero-order valence-corrected chi connectivity index (χ0v) is 13.1. The van der Waals surface area contributed by atoms with Crippen molar-refractivity contribution in [2.24, 2.45) is 0 Å². The molecule has 86 valence electrons. The first kappa shape index (κ1) is 14.4. The van der Waals surface area contributed by atoms with E-state index in [4.69, 9.17) is 8.85 Å². The topological polar surface area (TPSA) is 18.5 Å². The Morgan fingerprint density at radius 2 is 1.57 bits per heavy atom. The van der Waals surface area contributed by atoms with Gasteiger partial charge in [-0.25, -0.2) is 0 Å². The van der Waals surface area contributed by atoms with Crippen molar-refractivity contribution in [3.05, 3.63) is 0 Å². The van der Waals surface area contributed by atoms with Gasteiger partial charge in [0.2, 0.25) is 9.04 Å². The van der Waals surface area contributed by atoms with Crippen LogP contribution in [0.1, 0.15) is 27.7 Å². The van der Waals surface area contributed by atoms with Gasteiger partial charge < -0.3 is 8.85 Å². The third kappa shape index (κ3) is 5.95. The molecule has 0 fully saturated rings. The van der Waals surface area contributed by atoms with Gasteiger partial charge in [0.05, 0.1) is 5.22 Å². The highest BCUT2D eigenvalue weighted by Gasteiger charge is 2.34. The molecule has 0 rings (SSSR count). The van der Waals surface area contributed by atoms with Gasteiger partial charge in [-0.15, -0.1) is 0 Å². The third-order valence-corrected chi connectivity index (χ3v) is 6.43. The summed E-state index contributed by atoms with van der Waals surface area (Å²) >= 11 is 0. The fourth-order valence-electron chi connectivity index (χ4n) is 1.44. The first-order valence-electron chi connectivity index (χ1n) is 5.40. The van der Waals surface area contributed by atoms with Crippen molar-refractivity contribution in [1.29, 1.82) is 0 Å². The molecule has 14 heavy (non-hydrogen) atoms. The quantitative estimate of drug-likeness (QED) is 0.681. The summed E-state index contributed by atoms with van der Waals surface area (Å²) in [5, 5.41) is -0.0469. The van der Waals surface area contributed by atoms with Crippen molar-refractivity contribution in [2.45, 2.75) is 65.2 Å². The molecule has 0 N–H and O–H groups in total. The lowest BCUT2D eigenvalue weighted by molar-refractivity contribution is 0.133. The van der Waals surface area contributed by atoms with Gasteiger partial charge in [0.15, 0.2) is 8.32 Å². The minimum Gasteiger partial charge on any atom is -0.415 e. The maximum atomic E-state index is 6.16. The molecule has 2 nitrogen and oxygen atoms in total. The van der Waals surface area contributed by atoms with Gasteiger partial charge in [0, 0.05) is 6.10 Å². The molecule has 0 aliphatic carbocycles. The van der Waals surface area contributed by atoms with Crippen LogP contribution in [0.5, 0.6) is 0 Å². The fraction of sp³-hybridized carbons (Fsp3) is 1.00. The molecule has 0 saturated carbocycles. The minimum atomic E-state index is -1.45. The highest BCUT2D eigenvalue weighted by atomic mass is 28.4. The van der Waals surface area contributed by atoms with E-state index in [1.807, 2.05) is 0 Å². The van der Waals surface area contributed by atoms with Gasteiger partial charge in [-0.1, -0.05) is 0 Å². The molecule has 0 saturated heterocycles. The van der Waals surface area contributed by atoms with Crippen LogP contribution in [-0.2, 0) is 8.85 Å². The predicted molar refractivity (Wildman–Crippen MR) is 67.7 cm³/mol. The van der Waals surface area contributed by atoms with Crippen molar-refractivity contribution in [3.63, 3.8) is 0 Å². The second kappa shape index (κ2) is 4.92. The second-order valence-corrected chi connectivity index (χ2v) is 13.0. The summed E-state index contributed by atoms with van der Waals surface area (Å²) < 4.78 is 12.1. The Morgan fingerprint density at radius 1 is 1.14 bits per heavy atom. The average molecular weight is 234 g/mol. The number of hydrogen-bond acceptors (Lipinski definition) is 2. The lowest BCUT2D eigenvalue weighted by Gasteiger charge is -2.37. The summed E-state index contributed by atoms with van der Waals surface area (Å²) in [6.45, 7) is 17.4. The van der Waals surface area contributed by atoms with Crippen LogP contribution >= 0.6 is 0 Å². The van der Waals surface area contributed by atoms with Crippen LogP contribution in [0.2, 0.25) is 26.2 Å². The van der Waals surface area contributed by atoms with Crippen molar-refractivity contribution in [2.75, 3.05) is 0 Å². The maximum Gasteiger partial charge on any atom is 0.204 e. The van der Waals surface area contributed by atoms with Gasteiger partial charge >= 0.3 is 0 Å². The van der Waals surface area contributed by atoms with Crippen molar-refractivity contribution < 1.29 is 8.85 Å². The summed E-state index contributed by atoms with van der Waals surface area (Å²) in [5.41, 5.74) is 0. The van der Waals surface area contributed by atoms with E-state index < -0.39 is 17.4 Å². The van der Waals surface area contributed by atoms with E-state index in [0.717, 1.165) is 0 Å². The molecular weight excluding hydrogens is 208 g/mol. The molecular formula is C10H26O2Si2. The molecule has 0 spiro atoms. The smallest absolute Gasteiger partial charge is 0.204 e. The van der Waals surface area contributed by atoms with Gasteiger partial charge in [-0.2, -0.15) is 0 Å². The van der Waals surface area contributed by atoms with Crippen LogP contribution in [0, 0.1) is 0 Å². The highest BCUT2D eigenvalue weighted by Crippen LogP contribution is 2.21. The molecule has 0 aromatic heterocycles. The molecule has 0 aromatic rings. The summed E-state index contributed by atoms with van der Waals surface area (Å²) in [4.78, 5) is 0. The van der Waals surface area contributed by atoms with E-state index in [-0.39, 0.29) is 5.22 Å². The SMILES string of the molecule is CC(C)O[SiH](C)C(C)(C)O[Si](C)(C)C. The molecule has 0 aliphatic heterocycles. The van der Waals surface area contributed by atoms with Crippen LogP contribution in [0.15, 0.2) is 0 Å². The van der Waals surface area contributed by atoms with Gasteiger partial charge in [0.1, 0.15) is 0 Å². The van der Waals surface area contributed by atoms with E-state index in [9.17, 15) is 0 Å². The molecule has 0 radical (unpaired) electrons. The third-order valence-electron chi connectivity index (χ3n) is 2.02. The fourth-order valence-corrected chi connectivity index (χ4v) is 5.89. The standard InChI is InChI=1S/C10H26O2Si2/c1-9(2)11-13(5)10(3,4)12-14(6,7)8/h9,13H,1-8H3. The van der Waals surface area contributed by atoms with E-state index in [1.165, 1.54) is 0 Å². The van der Waals surface area contributed by atoms with Crippen molar-refractivity contribution >= 4 is 17.4 Å². The van der Waals surface area contributed by atoms with Crippen molar-refractivity contribution in [3.8, 4) is 0 Å². The first-order valence-corrected chi connectivity index (χ1v) is 11.0. The maximum absolute atomic E-state index is 6.16. The van der Waals surface area contributed by atoms with Crippen LogP contribution in [0.4, 0.5) is 0 Å². The van der Waals surface area contributed by atoms with Gasteiger partial charge in [-0.3, -0.25) is 0 Å². The number of rotatable bonds is 5. The zero-order valence-electron chi connectivity index (χ0n) is 11.0. The van der Waals surface area contributed by atoms with E-state index >= 15 is 0 Å². The Labute approximate surface area is 91.9 Å². The second-order valence-electron chi connectivity index (χ2n) is 5.64.